The summed E-state index contributed by atoms with van der Waals surface area (Å²) in [6.07, 6.45) is 5.12. The molecule has 2 heterocycles. The van der Waals surface area contributed by atoms with Gasteiger partial charge in [0, 0.05) is 18.5 Å². The summed E-state index contributed by atoms with van der Waals surface area (Å²) in [5.41, 5.74) is 5.88. The van der Waals surface area contributed by atoms with Crippen molar-refractivity contribution >= 4 is 5.82 Å². The number of halogens is 1. The summed E-state index contributed by atoms with van der Waals surface area (Å²) in [4.78, 5) is 0. The first-order valence-corrected chi connectivity index (χ1v) is 9.43. The average molecular weight is 349 g/mol. The third-order valence-electron chi connectivity index (χ3n) is 5.09. The van der Waals surface area contributed by atoms with Gasteiger partial charge in [0.2, 0.25) is 0 Å². The lowest BCUT2D eigenvalue weighted by Gasteiger charge is -2.09. The van der Waals surface area contributed by atoms with E-state index in [1.807, 2.05) is 16.8 Å². The van der Waals surface area contributed by atoms with E-state index in [-0.39, 0.29) is 5.82 Å². The van der Waals surface area contributed by atoms with Crippen LogP contribution in [0.2, 0.25) is 0 Å². The van der Waals surface area contributed by atoms with Crippen LogP contribution in [0.5, 0.6) is 0 Å². The van der Waals surface area contributed by atoms with Gasteiger partial charge >= 0.3 is 0 Å². The fourth-order valence-corrected chi connectivity index (χ4v) is 3.57. The first kappa shape index (κ1) is 16.8. The van der Waals surface area contributed by atoms with Gasteiger partial charge < -0.3 is 5.32 Å². The number of rotatable bonds is 4. The maximum atomic E-state index is 13.2. The van der Waals surface area contributed by atoms with Crippen molar-refractivity contribution in [1.82, 2.24) is 9.78 Å². The predicted molar refractivity (Wildman–Crippen MR) is 104 cm³/mol. The Bertz CT molecular complexity index is 879. The number of hydrogen-bond acceptors (Lipinski definition) is 2. The molecule has 4 heteroatoms. The molecule has 0 aliphatic carbocycles. The summed E-state index contributed by atoms with van der Waals surface area (Å²) in [5, 5.41) is 8.51. The zero-order valence-corrected chi connectivity index (χ0v) is 15.1. The van der Waals surface area contributed by atoms with Crippen molar-refractivity contribution in [3.05, 3.63) is 76.7 Å². The summed E-state index contributed by atoms with van der Waals surface area (Å²) < 4.78 is 15.3. The van der Waals surface area contributed by atoms with Gasteiger partial charge in [0.05, 0.1) is 11.4 Å². The fourth-order valence-electron chi connectivity index (χ4n) is 3.57. The Kier molecular flexibility index (Phi) is 4.74. The van der Waals surface area contributed by atoms with Gasteiger partial charge in [0.15, 0.2) is 0 Å². The van der Waals surface area contributed by atoms with E-state index in [4.69, 9.17) is 5.10 Å². The number of hydrogen-bond donors (Lipinski definition) is 1. The summed E-state index contributed by atoms with van der Waals surface area (Å²) in [6.45, 7) is 3.14. The van der Waals surface area contributed by atoms with E-state index in [0.717, 1.165) is 55.0 Å². The Morgan fingerprint density at radius 3 is 2.46 bits per heavy atom. The van der Waals surface area contributed by atoms with E-state index in [0.29, 0.717) is 0 Å². The Balaban J connectivity index is 1.74. The molecule has 0 radical (unpaired) electrons. The Morgan fingerprint density at radius 1 is 1.00 bits per heavy atom. The largest absolute Gasteiger partial charge is 0.370 e. The van der Waals surface area contributed by atoms with Crippen molar-refractivity contribution in [3.8, 4) is 5.69 Å². The number of nitrogens with one attached hydrogen (secondary N) is 1. The minimum absolute atomic E-state index is 0.198. The van der Waals surface area contributed by atoms with Crippen molar-refractivity contribution in [2.75, 3.05) is 11.9 Å². The highest BCUT2D eigenvalue weighted by atomic mass is 19.1. The van der Waals surface area contributed by atoms with Crippen molar-refractivity contribution in [1.29, 1.82) is 0 Å². The van der Waals surface area contributed by atoms with Crippen LogP contribution >= 0.6 is 0 Å². The van der Waals surface area contributed by atoms with Crippen LogP contribution in [-0.2, 0) is 19.3 Å². The highest BCUT2D eigenvalue weighted by Gasteiger charge is 2.20. The van der Waals surface area contributed by atoms with Gasteiger partial charge in [-0.15, -0.1) is 0 Å². The molecule has 0 fully saturated rings. The van der Waals surface area contributed by atoms with Gasteiger partial charge in [-0.1, -0.05) is 31.2 Å². The monoisotopic (exact) mass is 349 g/mol. The van der Waals surface area contributed by atoms with Crippen LogP contribution in [0.3, 0.4) is 0 Å². The molecule has 0 spiro atoms. The van der Waals surface area contributed by atoms with Gasteiger partial charge in [-0.3, -0.25) is 0 Å². The van der Waals surface area contributed by atoms with Crippen LogP contribution < -0.4 is 5.32 Å². The highest BCUT2D eigenvalue weighted by Crippen LogP contribution is 2.29. The maximum absolute atomic E-state index is 13.2. The van der Waals surface area contributed by atoms with Gasteiger partial charge in [0.25, 0.3) is 0 Å². The molecule has 3 aromatic rings. The maximum Gasteiger partial charge on any atom is 0.133 e. The van der Waals surface area contributed by atoms with Crippen molar-refractivity contribution in [3.63, 3.8) is 0 Å². The second-order valence-electron chi connectivity index (χ2n) is 6.89. The lowest BCUT2D eigenvalue weighted by Crippen LogP contribution is -2.07. The van der Waals surface area contributed by atoms with E-state index in [2.05, 4.69) is 36.5 Å². The second kappa shape index (κ2) is 7.32. The van der Waals surface area contributed by atoms with E-state index >= 15 is 0 Å². The minimum atomic E-state index is -0.198. The van der Waals surface area contributed by atoms with E-state index in [1.165, 1.54) is 29.7 Å². The Morgan fingerprint density at radius 2 is 1.73 bits per heavy atom. The lowest BCUT2D eigenvalue weighted by molar-refractivity contribution is 0.627. The third-order valence-corrected chi connectivity index (χ3v) is 5.09. The molecule has 0 saturated heterocycles. The normalized spacial score (nSPS) is 13.8. The first-order chi connectivity index (χ1) is 12.7. The summed E-state index contributed by atoms with van der Waals surface area (Å²) in [7, 11) is 0. The van der Waals surface area contributed by atoms with E-state index in [9.17, 15) is 4.39 Å². The smallest absolute Gasteiger partial charge is 0.133 e. The number of aryl methyl sites for hydroxylation is 1. The first-order valence-electron chi connectivity index (χ1n) is 9.43. The minimum Gasteiger partial charge on any atom is -0.370 e. The Hall–Kier alpha value is -2.62. The predicted octanol–water partition coefficient (Wildman–Crippen LogP) is 4.91. The highest BCUT2D eigenvalue weighted by molar-refractivity contribution is 5.55. The summed E-state index contributed by atoms with van der Waals surface area (Å²) in [5.74, 6) is 0.916. The molecular formula is C22H24FN3. The van der Waals surface area contributed by atoms with Crippen molar-refractivity contribution in [2.24, 2.45) is 0 Å². The fraction of sp³-hybridized carbons (Fsp3) is 0.318. The number of anilines is 1. The topological polar surface area (TPSA) is 29.9 Å². The quantitative estimate of drug-likeness (QED) is 0.725. The van der Waals surface area contributed by atoms with Crippen LogP contribution in [0.15, 0.2) is 48.5 Å². The molecule has 134 valence electrons. The molecule has 1 aliphatic rings. The summed E-state index contributed by atoms with van der Waals surface area (Å²) >= 11 is 0. The van der Waals surface area contributed by atoms with E-state index < -0.39 is 0 Å². The molecule has 0 saturated carbocycles. The lowest BCUT2D eigenvalue weighted by atomic mass is 10.0. The molecule has 1 N–H and O–H groups in total. The molecule has 0 unspecified atom stereocenters. The van der Waals surface area contributed by atoms with Gasteiger partial charge in [-0.2, -0.15) is 5.10 Å². The molecule has 26 heavy (non-hydrogen) atoms. The number of nitrogens with zero attached hydrogens (tertiary/aromatic N) is 2. The van der Waals surface area contributed by atoms with Gasteiger partial charge in [0.1, 0.15) is 11.6 Å². The standard InChI is InChI=1S/C22H24FN3/c1-2-16-8-12-19(13-9-16)26-22-20(5-3-4-14-24-22)21(25-26)15-17-6-10-18(23)11-7-17/h6-13,24H,2-5,14-15H2,1H3. The molecule has 4 rings (SSSR count). The SMILES string of the molecule is CCc1ccc(-n2nc(Cc3ccc(F)cc3)c3c2NCCCC3)cc1. The molecule has 2 aromatic carbocycles. The van der Waals surface area contributed by atoms with Crippen molar-refractivity contribution < 1.29 is 4.39 Å². The number of benzene rings is 2. The van der Waals surface area contributed by atoms with Crippen LogP contribution in [0.1, 0.15) is 42.1 Å². The molecule has 0 atom stereocenters. The molecule has 1 aliphatic heterocycles. The van der Waals surface area contributed by atoms with Crippen LogP contribution in [0.25, 0.3) is 5.69 Å². The zero-order chi connectivity index (χ0) is 17.9. The average Bonchev–Trinajstić information content (AvgIpc) is 2.84. The Labute approximate surface area is 153 Å². The van der Waals surface area contributed by atoms with Crippen LogP contribution in [0, 0.1) is 5.82 Å². The second-order valence-corrected chi connectivity index (χ2v) is 6.89. The third kappa shape index (κ3) is 3.36. The molecule has 1 aromatic heterocycles. The molecule has 0 amide bonds. The van der Waals surface area contributed by atoms with Crippen molar-refractivity contribution in [2.45, 2.75) is 39.0 Å². The zero-order valence-electron chi connectivity index (χ0n) is 15.1. The number of aromatic nitrogens is 2. The van der Waals surface area contributed by atoms with Gasteiger partial charge in [-0.05, 0) is 61.1 Å². The number of fused-ring (bicyclic) bond motifs is 1. The van der Waals surface area contributed by atoms with Crippen LogP contribution in [0.4, 0.5) is 10.2 Å². The van der Waals surface area contributed by atoms with Crippen LogP contribution in [-0.4, -0.2) is 16.3 Å². The summed E-state index contributed by atoms with van der Waals surface area (Å²) in [6, 6.07) is 15.3. The molecule has 3 nitrogen and oxygen atoms in total. The van der Waals surface area contributed by atoms with Gasteiger partial charge in [-0.25, -0.2) is 9.07 Å². The van der Waals surface area contributed by atoms with E-state index in [1.54, 1.807) is 0 Å². The molecule has 0 bridgehead atoms. The molecular weight excluding hydrogens is 325 g/mol.